The van der Waals surface area contributed by atoms with Crippen LogP contribution in [0.5, 0.6) is 0 Å². The molecule has 0 heterocycles. The van der Waals surface area contributed by atoms with Crippen LogP contribution in [0, 0.1) is 0 Å². The Morgan fingerprint density at radius 1 is 1.08 bits per heavy atom. The molecule has 0 saturated carbocycles. The van der Waals surface area contributed by atoms with Gasteiger partial charge in [-0.3, -0.25) is 0 Å². The van der Waals surface area contributed by atoms with Crippen molar-refractivity contribution in [3.63, 3.8) is 0 Å². The van der Waals surface area contributed by atoms with Crippen molar-refractivity contribution in [1.82, 2.24) is 0 Å². The molecule has 72 valence electrons. The molecule has 13 heavy (non-hydrogen) atoms. The van der Waals surface area contributed by atoms with Gasteiger partial charge in [-0.05, 0) is 12.0 Å². The number of thioether (sulfide) groups is 1. The average molecular weight is 206 g/mol. The highest BCUT2D eigenvalue weighted by Crippen LogP contribution is 2.30. The quantitative estimate of drug-likeness (QED) is 0.729. The van der Waals surface area contributed by atoms with Crippen molar-refractivity contribution in [2.24, 2.45) is 0 Å². The smallest absolute Gasteiger partial charge is 0.160 e. The van der Waals surface area contributed by atoms with E-state index in [2.05, 4.69) is 0 Å². The molecule has 0 amide bonds. The van der Waals surface area contributed by atoms with E-state index in [0.717, 1.165) is 5.56 Å². The van der Waals surface area contributed by atoms with Crippen molar-refractivity contribution in [2.45, 2.75) is 11.9 Å². The van der Waals surface area contributed by atoms with Crippen LogP contribution in [0.1, 0.15) is 5.56 Å². The minimum atomic E-state index is -4.10. The Hall–Kier alpha value is -0.640. The lowest BCUT2D eigenvalue weighted by molar-refractivity contribution is -0.0327. The molecule has 0 saturated heterocycles. The second-order valence-electron chi connectivity index (χ2n) is 2.53. The minimum absolute atomic E-state index is 0.0284. The fourth-order valence-electron chi connectivity index (χ4n) is 0.929. The summed E-state index contributed by atoms with van der Waals surface area (Å²) in [5, 5.41) is 0. The second kappa shape index (κ2) is 4.56. The van der Waals surface area contributed by atoms with Crippen LogP contribution < -0.4 is 0 Å². The Morgan fingerprint density at radius 3 is 2.23 bits per heavy atom. The molecule has 1 aromatic rings. The standard InChI is InChI=1S/C9H9F3S/c10-9(11,12)13-7-6-8-4-2-1-3-5-8/h1-5H,6-7H2. The van der Waals surface area contributed by atoms with Crippen LogP contribution in [-0.2, 0) is 6.42 Å². The Balaban J connectivity index is 2.29. The normalized spacial score (nSPS) is 11.6. The van der Waals surface area contributed by atoms with Gasteiger partial charge in [0.2, 0.25) is 0 Å². The lowest BCUT2D eigenvalue weighted by Crippen LogP contribution is -2.02. The molecule has 0 nitrogen and oxygen atoms in total. The largest absolute Gasteiger partial charge is 0.441 e. The molecule has 0 unspecified atom stereocenters. The van der Waals surface area contributed by atoms with Crippen LogP contribution in [-0.4, -0.2) is 11.3 Å². The zero-order valence-electron chi connectivity index (χ0n) is 6.84. The molecule has 0 atom stereocenters. The van der Waals surface area contributed by atoms with E-state index in [0.29, 0.717) is 6.42 Å². The van der Waals surface area contributed by atoms with E-state index in [9.17, 15) is 13.2 Å². The van der Waals surface area contributed by atoms with E-state index >= 15 is 0 Å². The number of aryl methyl sites for hydroxylation is 1. The molecule has 0 bridgehead atoms. The Labute approximate surface area is 79.1 Å². The molecule has 0 N–H and O–H groups in total. The van der Waals surface area contributed by atoms with Crippen molar-refractivity contribution in [3.8, 4) is 0 Å². The zero-order valence-corrected chi connectivity index (χ0v) is 7.66. The Morgan fingerprint density at radius 2 is 1.69 bits per heavy atom. The summed E-state index contributed by atoms with van der Waals surface area (Å²) in [6.45, 7) is 0. The lowest BCUT2D eigenvalue weighted by atomic mass is 10.2. The minimum Gasteiger partial charge on any atom is -0.160 e. The fraction of sp³-hybridized carbons (Fsp3) is 0.333. The fourth-order valence-corrected chi connectivity index (χ4v) is 1.50. The first kappa shape index (κ1) is 10.4. The third-order valence-corrected chi connectivity index (χ3v) is 2.23. The Kier molecular flexibility index (Phi) is 3.66. The molecule has 1 rings (SSSR count). The SMILES string of the molecule is FC(F)(F)SCCc1ccccc1. The molecule has 1 aromatic carbocycles. The van der Waals surface area contributed by atoms with Crippen molar-refractivity contribution >= 4 is 11.8 Å². The van der Waals surface area contributed by atoms with E-state index < -0.39 is 5.51 Å². The van der Waals surface area contributed by atoms with Gasteiger partial charge < -0.3 is 0 Å². The third kappa shape index (κ3) is 4.83. The summed E-state index contributed by atoms with van der Waals surface area (Å²) in [6, 6.07) is 9.16. The first-order valence-electron chi connectivity index (χ1n) is 3.82. The van der Waals surface area contributed by atoms with E-state index in [1.165, 1.54) is 0 Å². The summed E-state index contributed by atoms with van der Waals surface area (Å²) >= 11 is 0.0284. The van der Waals surface area contributed by atoms with Crippen LogP contribution in [0.3, 0.4) is 0 Å². The van der Waals surface area contributed by atoms with Gasteiger partial charge in [0, 0.05) is 5.75 Å². The van der Waals surface area contributed by atoms with Gasteiger partial charge in [0.1, 0.15) is 0 Å². The first-order chi connectivity index (χ1) is 6.08. The number of benzene rings is 1. The lowest BCUT2D eigenvalue weighted by Gasteiger charge is -2.04. The maximum absolute atomic E-state index is 11.7. The summed E-state index contributed by atoms with van der Waals surface area (Å²) in [5.74, 6) is 0.0908. The van der Waals surface area contributed by atoms with Crippen LogP contribution in [0.4, 0.5) is 13.2 Å². The van der Waals surface area contributed by atoms with Crippen LogP contribution in [0.25, 0.3) is 0 Å². The van der Waals surface area contributed by atoms with Gasteiger partial charge >= 0.3 is 5.51 Å². The molecule has 0 aliphatic heterocycles. The molecule has 0 radical (unpaired) electrons. The van der Waals surface area contributed by atoms with Crippen molar-refractivity contribution in [3.05, 3.63) is 35.9 Å². The monoisotopic (exact) mass is 206 g/mol. The van der Waals surface area contributed by atoms with Crippen LogP contribution >= 0.6 is 11.8 Å². The van der Waals surface area contributed by atoms with E-state index in [1.54, 1.807) is 0 Å². The van der Waals surface area contributed by atoms with Crippen molar-refractivity contribution in [1.29, 1.82) is 0 Å². The average Bonchev–Trinajstić information content (AvgIpc) is 2.04. The molecular weight excluding hydrogens is 197 g/mol. The van der Waals surface area contributed by atoms with Gasteiger partial charge in [-0.15, -0.1) is 0 Å². The summed E-state index contributed by atoms with van der Waals surface area (Å²) in [5.41, 5.74) is -3.16. The molecule has 0 spiro atoms. The van der Waals surface area contributed by atoms with E-state index in [-0.39, 0.29) is 17.5 Å². The number of rotatable bonds is 3. The highest BCUT2D eigenvalue weighted by molar-refractivity contribution is 8.00. The highest BCUT2D eigenvalue weighted by atomic mass is 32.2. The van der Waals surface area contributed by atoms with Gasteiger partial charge in [0.25, 0.3) is 0 Å². The highest BCUT2D eigenvalue weighted by Gasteiger charge is 2.27. The summed E-state index contributed by atoms with van der Waals surface area (Å²) in [4.78, 5) is 0. The summed E-state index contributed by atoms with van der Waals surface area (Å²) in [6.07, 6.45) is 0.463. The summed E-state index contributed by atoms with van der Waals surface area (Å²) in [7, 11) is 0. The number of hydrogen-bond acceptors (Lipinski definition) is 1. The molecule has 0 aliphatic rings. The molecule has 0 aliphatic carbocycles. The maximum atomic E-state index is 11.7. The molecule has 0 aromatic heterocycles. The predicted octanol–water partition coefficient (Wildman–Crippen LogP) is 3.48. The summed E-state index contributed by atoms with van der Waals surface area (Å²) < 4.78 is 35.2. The predicted molar refractivity (Wildman–Crippen MR) is 48.7 cm³/mol. The van der Waals surface area contributed by atoms with E-state index in [1.807, 2.05) is 30.3 Å². The van der Waals surface area contributed by atoms with E-state index in [4.69, 9.17) is 0 Å². The topological polar surface area (TPSA) is 0 Å². The number of halogens is 3. The molecule has 0 fully saturated rings. The van der Waals surface area contributed by atoms with Gasteiger partial charge in [-0.25, -0.2) is 0 Å². The van der Waals surface area contributed by atoms with Crippen LogP contribution in [0.15, 0.2) is 30.3 Å². The van der Waals surface area contributed by atoms with Crippen LogP contribution in [0.2, 0.25) is 0 Å². The maximum Gasteiger partial charge on any atom is 0.441 e. The van der Waals surface area contributed by atoms with Gasteiger partial charge in [-0.1, -0.05) is 42.1 Å². The first-order valence-corrected chi connectivity index (χ1v) is 4.81. The van der Waals surface area contributed by atoms with Gasteiger partial charge in [0.05, 0.1) is 0 Å². The molecule has 4 heteroatoms. The molecular formula is C9H9F3S. The van der Waals surface area contributed by atoms with Crippen molar-refractivity contribution < 1.29 is 13.2 Å². The second-order valence-corrected chi connectivity index (χ2v) is 3.69. The number of hydrogen-bond donors (Lipinski definition) is 0. The van der Waals surface area contributed by atoms with Gasteiger partial charge in [-0.2, -0.15) is 13.2 Å². The third-order valence-electron chi connectivity index (χ3n) is 1.50. The zero-order chi connectivity index (χ0) is 9.73. The Bertz CT molecular complexity index is 243. The van der Waals surface area contributed by atoms with Gasteiger partial charge in [0.15, 0.2) is 0 Å². The van der Waals surface area contributed by atoms with Crippen molar-refractivity contribution in [2.75, 3.05) is 5.75 Å². The number of alkyl halides is 3.